The van der Waals surface area contributed by atoms with E-state index in [1.54, 1.807) is 6.07 Å². The molecule has 3 rings (SSSR count). The third-order valence-corrected chi connectivity index (χ3v) is 6.00. The number of halogens is 2. The van der Waals surface area contributed by atoms with E-state index in [9.17, 15) is 8.78 Å². The fourth-order valence-electron chi connectivity index (χ4n) is 4.60. The van der Waals surface area contributed by atoms with E-state index in [4.69, 9.17) is 0 Å². The molecule has 0 spiro atoms. The van der Waals surface area contributed by atoms with E-state index in [0.29, 0.717) is 0 Å². The monoisotopic (exact) mass is 318 g/mol. The summed E-state index contributed by atoms with van der Waals surface area (Å²) in [5.74, 6) is 1.15. The molecule has 0 heterocycles. The Hall–Kier alpha value is -1.18. The van der Waals surface area contributed by atoms with E-state index in [-0.39, 0.29) is 0 Å². The van der Waals surface area contributed by atoms with Gasteiger partial charge in [0.1, 0.15) is 0 Å². The number of rotatable bonds is 4. The zero-order valence-corrected chi connectivity index (χ0v) is 14.2. The van der Waals surface area contributed by atoms with Gasteiger partial charge in [-0.25, -0.2) is 8.78 Å². The highest BCUT2D eigenvalue weighted by Crippen LogP contribution is 2.42. The van der Waals surface area contributed by atoms with E-state index < -0.39 is 11.6 Å². The van der Waals surface area contributed by atoms with Crippen LogP contribution in [0.15, 0.2) is 24.3 Å². The van der Waals surface area contributed by atoms with Gasteiger partial charge in [0.05, 0.1) is 0 Å². The van der Waals surface area contributed by atoms with Crippen LogP contribution >= 0.6 is 0 Å². The van der Waals surface area contributed by atoms with Gasteiger partial charge in [-0.3, -0.25) is 0 Å². The van der Waals surface area contributed by atoms with E-state index >= 15 is 0 Å². The molecule has 2 aliphatic rings. The molecule has 0 aromatic heterocycles. The Bertz CT molecular complexity index is 553. The highest BCUT2D eigenvalue weighted by molar-refractivity contribution is 5.66. The van der Waals surface area contributed by atoms with Crippen LogP contribution in [0.1, 0.15) is 70.3 Å². The summed E-state index contributed by atoms with van der Waals surface area (Å²) in [7, 11) is 0. The lowest BCUT2D eigenvalue weighted by Gasteiger charge is -2.35. The minimum atomic E-state index is -0.758. The molecular weight excluding hydrogens is 290 g/mol. The van der Waals surface area contributed by atoms with E-state index in [1.165, 1.54) is 62.7 Å². The summed E-state index contributed by atoms with van der Waals surface area (Å²) in [6.45, 7) is 2.29. The molecule has 2 aliphatic carbocycles. The quantitative estimate of drug-likeness (QED) is 0.575. The van der Waals surface area contributed by atoms with Crippen LogP contribution in [-0.2, 0) is 0 Å². The molecule has 0 N–H and O–H groups in total. The van der Waals surface area contributed by atoms with Crippen molar-refractivity contribution in [2.75, 3.05) is 0 Å². The highest BCUT2D eigenvalue weighted by Gasteiger charge is 2.28. The number of allylic oxidation sites excluding steroid dienone is 2. The minimum absolute atomic E-state index is 0.736. The fraction of sp³-hybridized carbons (Fsp3) is 0.619. The zero-order valence-electron chi connectivity index (χ0n) is 14.2. The van der Waals surface area contributed by atoms with E-state index in [1.807, 2.05) is 0 Å². The maximum atomic E-state index is 13.4. The lowest BCUT2D eigenvalue weighted by Crippen LogP contribution is -2.23. The molecule has 1 saturated carbocycles. The summed E-state index contributed by atoms with van der Waals surface area (Å²) < 4.78 is 26.5. The van der Waals surface area contributed by atoms with E-state index in [0.717, 1.165) is 36.2 Å². The Kier molecular flexibility index (Phi) is 5.50. The Morgan fingerprint density at radius 3 is 2.35 bits per heavy atom. The van der Waals surface area contributed by atoms with Crippen molar-refractivity contribution in [3.63, 3.8) is 0 Å². The molecule has 1 atom stereocenters. The van der Waals surface area contributed by atoms with Gasteiger partial charge >= 0.3 is 0 Å². The van der Waals surface area contributed by atoms with Crippen molar-refractivity contribution in [3.8, 4) is 0 Å². The van der Waals surface area contributed by atoms with Gasteiger partial charge in [0.15, 0.2) is 11.6 Å². The lowest BCUT2D eigenvalue weighted by molar-refractivity contribution is 0.189. The number of hydrogen-bond acceptors (Lipinski definition) is 0. The maximum absolute atomic E-state index is 13.4. The summed E-state index contributed by atoms with van der Waals surface area (Å²) in [4.78, 5) is 0. The summed E-state index contributed by atoms with van der Waals surface area (Å²) in [6.07, 6.45) is 13.9. The van der Waals surface area contributed by atoms with Gasteiger partial charge < -0.3 is 0 Å². The molecule has 1 aromatic carbocycles. The molecule has 1 unspecified atom stereocenters. The highest BCUT2D eigenvalue weighted by atomic mass is 19.2. The molecule has 0 bridgehead atoms. The summed E-state index contributed by atoms with van der Waals surface area (Å²) in [6, 6.07) is 4.30. The molecule has 126 valence electrons. The van der Waals surface area contributed by atoms with Gasteiger partial charge in [-0.2, -0.15) is 0 Å². The average Bonchev–Trinajstić information content (AvgIpc) is 2.59. The molecule has 0 radical (unpaired) electrons. The van der Waals surface area contributed by atoms with Gasteiger partial charge in [-0.1, -0.05) is 44.7 Å². The second-order valence-electron chi connectivity index (χ2n) is 7.46. The van der Waals surface area contributed by atoms with Crippen LogP contribution < -0.4 is 0 Å². The lowest BCUT2D eigenvalue weighted by atomic mass is 9.70. The number of benzene rings is 1. The van der Waals surface area contributed by atoms with Crippen molar-refractivity contribution in [2.45, 2.75) is 64.7 Å². The van der Waals surface area contributed by atoms with Crippen molar-refractivity contribution < 1.29 is 8.78 Å². The van der Waals surface area contributed by atoms with Crippen LogP contribution in [0, 0.1) is 29.4 Å². The summed E-state index contributed by atoms with van der Waals surface area (Å²) in [5.41, 5.74) is 2.05. The molecule has 0 amide bonds. The van der Waals surface area contributed by atoms with Crippen molar-refractivity contribution in [2.24, 2.45) is 17.8 Å². The molecule has 0 nitrogen and oxygen atoms in total. The second kappa shape index (κ2) is 7.59. The predicted octanol–water partition coefficient (Wildman–Crippen LogP) is 6.75. The molecule has 0 aliphatic heterocycles. The standard InChI is InChI=1S/C21H28F2/c1-2-3-15-4-6-16(7-5-15)17-8-10-18(11-9-17)19-12-13-20(22)21(23)14-19/h10,12-17H,2-9,11H2,1H3/t15-,16-,17?. The van der Waals surface area contributed by atoms with Gasteiger partial charge in [0, 0.05) is 0 Å². The number of hydrogen-bond donors (Lipinski definition) is 0. The van der Waals surface area contributed by atoms with Gasteiger partial charge in [-0.15, -0.1) is 0 Å². The summed E-state index contributed by atoms with van der Waals surface area (Å²) >= 11 is 0. The third kappa shape index (κ3) is 4.02. The van der Waals surface area contributed by atoms with Crippen molar-refractivity contribution in [1.29, 1.82) is 0 Å². The Balaban J connectivity index is 1.57. The molecular formula is C21H28F2. The van der Waals surface area contributed by atoms with Crippen LogP contribution in [0.2, 0.25) is 0 Å². The van der Waals surface area contributed by atoms with Gasteiger partial charge in [-0.05, 0) is 73.1 Å². The average molecular weight is 318 g/mol. The van der Waals surface area contributed by atoms with Crippen LogP contribution in [0.25, 0.3) is 5.57 Å². The van der Waals surface area contributed by atoms with Crippen molar-refractivity contribution >= 4 is 5.57 Å². The van der Waals surface area contributed by atoms with Crippen LogP contribution in [-0.4, -0.2) is 0 Å². The first-order chi connectivity index (χ1) is 11.2. The van der Waals surface area contributed by atoms with E-state index in [2.05, 4.69) is 13.0 Å². The zero-order chi connectivity index (χ0) is 16.2. The Morgan fingerprint density at radius 2 is 1.74 bits per heavy atom. The first kappa shape index (κ1) is 16.7. The predicted molar refractivity (Wildman–Crippen MR) is 92.0 cm³/mol. The van der Waals surface area contributed by atoms with Crippen LogP contribution in [0.4, 0.5) is 8.78 Å². The minimum Gasteiger partial charge on any atom is -0.204 e. The van der Waals surface area contributed by atoms with Crippen LogP contribution in [0.5, 0.6) is 0 Å². The van der Waals surface area contributed by atoms with Gasteiger partial charge in [0.25, 0.3) is 0 Å². The third-order valence-electron chi connectivity index (χ3n) is 6.00. The van der Waals surface area contributed by atoms with Gasteiger partial charge in [0.2, 0.25) is 0 Å². The smallest absolute Gasteiger partial charge is 0.159 e. The Labute approximate surface area is 139 Å². The normalized spacial score (nSPS) is 28.5. The molecule has 1 aromatic rings. The Morgan fingerprint density at radius 1 is 0.957 bits per heavy atom. The molecule has 1 fully saturated rings. The van der Waals surface area contributed by atoms with Crippen molar-refractivity contribution in [1.82, 2.24) is 0 Å². The molecule has 23 heavy (non-hydrogen) atoms. The second-order valence-corrected chi connectivity index (χ2v) is 7.46. The SMILES string of the molecule is CCC[C@H]1CC[C@H](C2CC=C(c3ccc(F)c(F)c3)CC2)CC1. The first-order valence-electron chi connectivity index (χ1n) is 9.31. The summed E-state index contributed by atoms with van der Waals surface area (Å²) in [5, 5.41) is 0. The topological polar surface area (TPSA) is 0 Å². The van der Waals surface area contributed by atoms with Crippen molar-refractivity contribution in [3.05, 3.63) is 41.5 Å². The molecule has 0 saturated heterocycles. The largest absolute Gasteiger partial charge is 0.204 e. The van der Waals surface area contributed by atoms with Crippen LogP contribution in [0.3, 0.4) is 0 Å². The fourth-order valence-corrected chi connectivity index (χ4v) is 4.60. The molecule has 2 heteroatoms. The first-order valence-corrected chi connectivity index (χ1v) is 9.31. The maximum Gasteiger partial charge on any atom is 0.159 e.